The minimum absolute atomic E-state index is 0.0526. The average molecular weight is 456 g/mol. The third-order valence-electron chi connectivity index (χ3n) is 4.46. The number of benzene rings is 2. The number of nitrogen functional groups attached to an aromatic ring is 1. The Bertz CT molecular complexity index is 986. The van der Waals surface area contributed by atoms with Gasteiger partial charge in [0.2, 0.25) is 0 Å². The van der Waals surface area contributed by atoms with Gasteiger partial charge in [-0.05, 0) is 63.5 Å². The van der Waals surface area contributed by atoms with Crippen LogP contribution in [-0.4, -0.2) is 42.9 Å². The van der Waals surface area contributed by atoms with Crippen LogP contribution in [0.5, 0.6) is 0 Å². The zero-order valence-corrected chi connectivity index (χ0v) is 18.2. The van der Waals surface area contributed by atoms with Crippen LogP contribution in [0.1, 0.15) is 12.0 Å². The van der Waals surface area contributed by atoms with E-state index in [9.17, 15) is 0 Å². The van der Waals surface area contributed by atoms with E-state index < -0.39 is 0 Å². The summed E-state index contributed by atoms with van der Waals surface area (Å²) in [5, 5.41) is 13.0. The van der Waals surface area contributed by atoms with Crippen molar-refractivity contribution in [2.45, 2.75) is 6.42 Å². The molecular formula is C21H26BrN7. The highest BCUT2D eigenvalue weighted by Crippen LogP contribution is 2.31. The van der Waals surface area contributed by atoms with Crippen molar-refractivity contribution in [2.24, 2.45) is 5.73 Å². The number of anilines is 3. The monoisotopic (exact) mass is 455 g/mol. The minimum Gasteiger partial charge on any atom is -0.384 e. The maximum absolute atomic E-state index is 7.51. The van der Waals surface area contributed by atoms with E-state index >= 15 is 0 Å². The predicted molar refractivity (Wildman–Crippen MR) is 126 cm³/mol. The number of fused-ring (bicyclic) bond motifs is 1. The van der Waals surface area contributed by atoms with Crippen molar-refractivity contribution in [1.82, 2.24) is 9.88 Å². The molecule has 1 aromatic heterocycles. The molecule has 0 fully saturated rings. The van der Waals surface area contributed by atoms with Gasteiger partial charge in [0, 0.05) is 33.6 Å². The van der Waals surface area contributed by atoms with E-state index in [0.717, 1.165) is 51.9 Å². The molecule has 0 aliphatic rings. The first kappa shape index (κ1) is 20.9. The molecule has 0 spiro atoms. The summed E-state index contributed by atoms with van der Waals surface area (Å²) >= 11 is 3.56. The Morgan fingerprint density at radius 2 is 1.90 bits per heavy atom. The minimum atomic E-state index is 0.0526. The quantitative estimate of drug-likeness (QED) is 0.144. The molecule has 6 N–H and O–H groups in total. The van der Waals surface area contributed by atoms with Crippen LogP contribution in [0.4, 0.5) is 17.2 Å². The summed E-state index contributed by atoms with van der Waals surface area (Å²) in [7, 11) is 4.14. The summed E-state index contributed by atoms with van der Waals surface area (Å²) in [5.74, 6) is 0.846. The van der Waals surface area contributed by atoms with Crippen molar-refractivity contribution in [1.29, 1.82) is 5.41 Å². The fourth-order valence-electron chi connectivity index (χ4n) is 2.91. The van der Waals surface area contributed by atoms with Crippen molar-refractivity contribution >= 4 is 49.7 Å². The van der Waals surface area contributed by atoms with Gasteiger partial charge in [-0.2, -0.15) is 0 Å². The number of nitrogens with zero attached hydrogens (tertiary/aromatic N) is 2. The summed E-state index contributed by atoms with van der Waals surface area (Å²) in [4.78, 5) is 6.78. The number of amidine groups is 1. The highest BCUT2D eigenvalue weighted by atomic mass is 79.9. The third-order valence-corrected chi connectivity index (χ3v) is 4.95. The molecule has 0 saturated carbocycles. The molecule has 7 nitrogen and oxygen atoms in total. The SMILES string of the molecule is CN(C)CCCNc1ncc2ccc(Br)cc2c1NNc1ccc(C(=N)N)cc1. The molecule has 8 heteroatoms. The van der Waals surface area contributed by atoms with E-state index in [1.165, 1.54) is 0 Å². The van der Waals surface area contributed by atoms with Crippen molar-refractivity contribution in [3.05, 3.63) is 58.7 Å². The standard InChI is InChI=1S/C21H26BrN7/c1-29(2)11-3-10-25-21-19(18-12-16(22)7-4-15(18)13-26-21)28-27-17-8-5-14(6-9-17)20(23)24/h4-9,12-13,27-28H,3,10-11H2,1-2H3,(H3,23,24)(H,25,26). The largest absolute Gasteiger partial charge is 0.384 e. The van der Waals surface area contributed by atoms with Gasteiger partial charge >= 0.3 is 0 Å². The number of halogens is 1. The second-order valence-corrected chi connectivity index (χ2v) is 7.95. The highest BCUT2D eigenvalue weighted by Gasteiger charge is 2.10. The number of nitrogens with two attached hydrogens (primary N) is 1. The van der Waals surface area contributed by atoms with Crippen LogP contribution in [0.2, 0.25) is 0 Å². The van der Waals surface area contributed by atoms with Crippen LogP contribution in [0, 0.1) is 5.41 Å². The molecule has 1 heterocycles. The van der Waals surface area contributed by atoms with Gasteiger partial charge in [-0.1, -0.05) is 22.0 Å². The first-order chi connectivity index (χ1) is 13.9. The molecule has 3 rings (SSSR count). The number of aromatic nitrogens is 1. The Balaban J connectivity index is 1.83. The Morgan fingerprint density at radius 1 is 1.14 bits per heavy atom. The van der Waals surface area contributed by atoms with Gasteiger partial charge in [0.25, 0.3) is 0 Å². The van der Waals surface area contributed by atoms with Crippen molar-refractivity contribution in [2.75, 3.05) is 43.4 Å². The number of rotatable bonds is 9. The lowest BCUT2D eigenvalue weighted by Crippen LogP contribution is -2.18. The number of pyridine rings is 1. The van der Waals surface area contributed by atoms with E-state index in [1.54, 1.807) is 0 Å². The first-order valence-electron chi connectivity index (χ1n) is 9.37. The van der Waals surface area contributed by atoms with E-state index in [-0.39, 0.29) is 5.84 Å². The summed E-state index contributed by atoms with van der Waals surface area (Å²) in [6.45, 7) is 1.84. The number of hydrazine groups is 1. The number of hydrogen-bond donors (Lipinski definition) is 5. The zero-order valence-electron chi connectivity index (χ0n) is 16.6. The van der Waals surface area contributed by atoms with Crippen LogP contribution in [0.3, 0.4) is 0 Å². The summed E-state index contributed by atoms with van der Waals surface area (Å²) < 4.78 is 1.00. The highest BCUT2D eigenvalue weighted by molar-refractivity contribution is 9.10. The lowest BCUT2D eigenvalue weighted by Gasteiger charge is -2.18. The maximum atomic E-state index is 7.51. The van der Waals surface area contributed by atoms with Gasteiger partial charge in [0.05, 0.1) is 5.69 Å². The Kier molecular flexibility index (Phi) is 6.90. The van der Waals surface area contributed by atoms with E-state index in [2.05, 4.69) is 62.1 Å². The smallest absolute Gasteiger partial charge is 0.151 e. The molecule has 0 atom stereocenters. The lowest BCUT2D eigenvalue weighted by atomic mass is 10.1. The molecule has 3 aromatic rings. The second-order valence-electron chi connectivity index (χ2n) is 7.04. The second kappa shape index (κ2) is 9.58. The van der Waals surface area contributed by atoms with Crippen LogP contribution >= 0.6 is 15.9 Å². The van der Waals surface area contributed by atoms with Crippen LogP contribution < -0.4 is 21.9 Å². The topological polar surface area (TPSA) is 102 Å². The molecule has 0 unspecified atom stereocenters. The molecule has 0 aliphatic heterocycles. The molecule has 29 heavy (non-hydrogen) atoms. The predicted octanol–water partition coefficient (Wildman–Crippen LogP) is 4.08. The van der Waals surface area contributed by atoms with Gasteiger partial charge in [0.1, 0.15) is 11.5 Å². The lowest BCUT2D eigenvalue weighted by molar-refractivity contribution is 0.405. The van der Waals surface area contributed by atoms with Crippen molar-refractivity contribution < 1.29 is 0 Å². The van der Waals surface area contributed by atoms with Crippen LogP contribution in [-0.2, 0) is 0 Å². The molecular weight excluding hydrogens is 430 g/mol. The number of hydrogen-bond acceptors (Lipinski definition) is 6. The first-order valence-corrected chi connectivity index (χ1v) is 10.2. The molecule has 0 saturated heterocycles. The molecule has 0 bridgehead atoms. The van der Waals surface area contributed by atoms with Gasteiger partial charge in [-0.15, -0.1) is 0 Å². The Morgan fingerprint density at radius 3 is 2.59 bits per heavy atom. The van der Waals surface area contributed by atoms with Gasteiger partial charge in [0.15, 0.2) is 5.82 Å². The number of nitrogens with one attached hydrogen (secondary N) is 4. The normalized spacial score (nSPS) is 10.9. The zero-order chi connectivity index (χ0) is 20.8. The van der Waals surface area contributed by atoms with Crippen LogP contribution in [0.25, 0.3) is 10.8 Å². The third kappa shape index (κ3) is 5.58. The summed E-state index contributed by atoms with van der Waals surface area (Å²) in [6, 6.07) is 13.5. The fourth-order valence-corrected chi connectivity index (χ4v) is 3.28. The average Bonchev–Trinajstić information content (AvgIpc) is 2.70. The molecule has 152 valence electrons. The molecule has 0 aliphatic carbocycles. The van der Waals surface area contributed by atoms with Crippen molar-refractivity contribution in [3.63, 3.8) is 0 Å². The summed E-state index contributed by atoms with van der Waals surface area (Å²) in [6.07, 6.45) is 2.90. The van der Waals surface area contributed by atoms with E-state index in [4.69, 9.17) is 11.1 Å². The molecule has 2 aromatic carbocycles. The van der Waals surface area contributed by atoms with Gasteiger partial charge in [-0.25, -0.2) is 4.98 Å². The van der Waals surface area contributed by atoms with Crippen molar-refractivity contribution in [3.8, 4) is 0 Å². The maximum Gasteiger partial charge on any atom is 0.151 e. The van der Waals surface area contributed by atoms with Crippen LogP contribution in [0.15, 0.2) is 53.1 Å². The fraction of sp³-hybridized carbons (Fsp3) is 0.238. The van der Waals surface area contributed by atoms with E-state index in [1.807, 2.05) is 42.6 Å². The molecule has 0 radical (unpaired) electrons. The Labute approximate surface area is 179 Å². The summed E-state index contributed by atoms with van der Waals surface area (Å²) in [5.41, 5.74) is 14.5. The Hall–Kier alpha value is -2.84. The molecule has 0 amide bonds. The van der Waals surface area contributed by atoms with Gasteiger partial charge in [-0.3, -0.25) is 10.8 Å². The van der Waals surface area contributed by atoms with Gasteiger partial charge < -0.3 is 21.4 Å². The van der Waals surface area contributed by atoms with E-state index in [0.29, 0.717) is 5.56 Å².